The number of pyridine rings is 1. The predicted octanol–water partition coefficient (Wildman–Crippen LogP) is 2.73. The van der Waals surface area contributed by atoms with Crippen molar-refractivity contribution in [2.24, 2.45) is 11.7 Å². The van der Waals surface area contributed by atoms with E-state index >= 15 is 0 Å². The number of aryl methyl sites for hydroxylation is 1. The number of anilines is 1. The van der Waals surface area contributed by atoms with E-state index in [1.54, 1.807) is 12.3 Å². The molecule has 1 atom stereocenters. The third-order valence-corrected chi connectivity index (χ3v) is 7.40. The van der Waals surface area contributed by atoms with Gasteiger partial charge in [-0.2, -0.15) is 5.10 Å². The van der Waals surface area contributed by atoms with Gasteiger partial charge in [-0.3, -0.25) is 14.5 Å². The van der Waals surface area contributed by atoms with Crippen LogP contribution in [0.25, 0.3) is 33.7 Å². The maximum absolute atomic E-state index is 12.5. The monoisotopic (exact) mass is 501 g/mol. The Morgan fingerprint density at radius 3 is 2.81 bits per heavy atom. The number of primary amides is 1. The zero-order valence-corrected chi connectivity index (χ0v) is 20.9. The Bertz CT molecular complexity index is 1450. The van der Waals surface area contributed by atoms with Crippen molar-refractivity contribution in [2.75, 3.05) is 31.1 Å². The maximum atomic E-state index is 12.5. The number of fused-ring (bicyclic) bond motifs is 1. The minimum absolute atomic E-state index is 0.0780. The lowest BCUT2D eigenvalue weighted by molar-refractivity contribution is 0.0996. The fourth-order valence-electron chi connectivity index (χ4n) is 5.44. The molecule has 10 heteroatoms. The number of carbonyl (C=O) groups excluding carboxylic acids is 1. The van der Waals surface area contributed by atoms with E-state index in [-0.39, 0.29) is 5.69 Å². The number of rotatable bonds is 6. The van der Waals surface area contributed by atoms with E-state index in [1.165, 1.54) is 0 Å². The molecule has 0 aliphatic carbocycles. The van der Waals surface area contributed by atoms with Crippen molar-refractivity contribution in [1.82, 2.24) is 25.1 Å². The Hall–Kier alpha value is -3.76. The van der Waals surface area contributed by atoms with Crippen LogP contribution >= 0.6 is 0 Å². The molecule has 3 aromatic heterocycles. The number of hydrogen-bond donors (Lipinski definition) is 3. The highest BCUT2D eigenvalue weighted by Gasteiger charge is 2.29. The summed E-state index contributed by atoms with van der Waals surface area (Å²) >= 11 is 0. The summed E-state index contributed by atoms with van der Waals surface area (Å²) in [6, 6.07) is 7.74. The van der Waals surface area contributed by atoms with Crippen LogP contribution in [0.1, 0.15) is 35.4 Å². The van der Waals surface area contributed by atoms with E-state index in [4.69, 9.17) is 15.2 Å². The molecule has 0 bridgehead atoms. The van der Waals surface area contributed by atoms with Gasteiger partial charge in [0.1, 0.15) is 0 Å². The number of β-amino-alcohol motifs (C(OH)–C–C–N with tert-alkyl or cyclic N) is 1. The minimum Gasteiger partial charge on any atom is -0.435 e. The molecule has 2 aliphatic rings. The largest absolute Gasteiger partial charge is 0.435 e. The van der Waals surface area contributed by atoms with Gasteiger partial charge in [-0.15, -0.1) is 0 Å². The highest BCUT2D eigenvalue weighted by molar-refractivity contribution is 6.01. The maximum Gasteiger partial charge on any atom is 0.271 e. The first-order valence-electron chi connectivity index (χ1n) is 12.8. The molecule has 1 amide bonds. The number of aliphatic hydroxyl groups is 1. The van der Waals surface area contributed by atoms with Crippen molar-refractivity contribution in [2.45, 2.75) is 38.8 Å². The summed E-state index contributed by atoms with van der Waals surface area (Å²) in [5.41, 5.74) is 9.94. The van der Waals surface area contributed by atoms with Gasteiger partial charge in [0, 0.05) is 53.7 Å². The molecule has 4 N–H and O–H groups in total. The number of aliphatic hydroxyl groups excluding tert-OH is 1. The van der Waals surface area contributed by atoms with Gasteiger partial charge in [0.15, 0.2) is 11.5 Å². The first kappa shape index (κ1) is 23.6. The molecule has 10 nitrogen and oxygen atoms in total. The van der Waals surface area contributed by atoms with Gasteiger partial charge in [0.2, 0.25) is 5.89 Å². The number of amides is 1. The van der Waals surface area contributed by atoms with E-state index in [0.29, 0.717) is 42.6 Å². The van der Waals surface area contributed by atoms with Crippen LogP contribution in [0.4, 0.5) is 5.69 Å². The van der Waals surface area contributed by atoms with Gasteiger partial charge in [-0.25, -0.2) is 4.98 Å². The lowest BCUT2D eigenvalue weighted by atomic mass is 9.98. The minimum atomic E-state index is -0.661. The molecule has 2 fully saturated rings. The zero-order chi connectivity index (χ0) is 25.5. The second-order valence-corrected chi connectivity index (χ2v) is 10.1. The van der Waals surface area contributed by atoms with Crippen molar-refractivity contribution in [3.8, 4) is 22.8 Å². The molecule has 5 heterocycles. The number of benzene rings is 1. The molecule has 2 saturated heterocycles. The SMILES string of the molecule is Cc1cc(-c2nc(C(N)=O)c(-c3cc4c(cnn4CC4CCNCC4)cc3N3CCC(O)C3)o2)ccn1. The van der Waals surface area contributed by atoms with Crippen molar-refractivity contribution >= 4 is 22.5 Å². The van der Waals surface area contributed by atoms with E-state index < -0.39 is 12.0 Å². The fourth-order valence-corrected chi connectivity index (χ4v) is 5.44. The second kappa shape index (κ2) is 9.60. The van der Waals surface area contributed by atoms with Gasteiger partial charge in [0.05, 0.1) is 17.8 Å². The van der Waals surface area contributed by atoms with Crippen LogP contribution in [0.2, 0.25) is 0 Å². The van der Waals surface area contributed by atoms with E-state index in [2.05, 4.69) is 26.3 Å². The van der Waals surface area contributed by atoms with Crippen LogP contribution in [0.3, 0.4) is 0 Å². The molecule has 0 spiro atoms. The predicted molar refractivity (Wildman–Crippen MR) is 140 cm³/mol. The van der Waals surface area contributed by atoms with Gasteiger partial charge in [0.25, 0.3) is 5.91 Å². The van der Waals surface area contributed by atoms with Crippen LogP contribution < -0.4 is 16.0 Å². The number of aromatic nitrogens is 4. The highest BCUT2D eigenvalue weighted by Crippen LogP contribution is 2.40. The fraction of sp³-hybridized carbons (Fsp3) is 0.407. The summed E-state index contributed by atoms with van der Waals surface area (Å²) in [4.78, 5) is 23.4. The van der Waals surface area contributed by atoms with Crippen molar-refractivity contribution in [1.29, 1.82) is 0 Å². The summed E-state index contributed by atoms with van der Waals surface area (Å²) in [5.74, 6) is 0.524. The number of carbonyl (C=O) groups is 1. The van der Waals surface area contributed by atoms with Crippen LogP contribution in [0, 0.1) is 12.8 Å². The van der Waals surface area contributed by atoms with E-state index in [1.807, 2.05) is 29.9 Å². The molecular weight excluding hydrogens is 470 g/mol. The molecule has 37 heavy (non-hydrogen) atoms. The van der Waals surface area contributed by atoms with Crippen LogP contribution in [0.15, 0.2) is 41.1 Å². The Morgan fingerprint density at radius 2 is 2.08 bits per heavy atom. The summed E-state index contributed by atoms with van der Waals surface area (Å²) in [5, 5.41) is 19.4. The van der Waals surface area contributed by atoms with Crippen molar-refractivity contribution < 1.29 is 14.3 Å². The molecule has 6 rings (SSSR count). The molecule has 192 valence electrons. The topological polar surface area (TPSA) is 135 Å². The Balaban J connectivity index is 1.50. The molecule has 0 radical (unpaired) electrons. The lowest BCUT2D eigenvalue weighted by Gasteiger charge is -2.23. The Kier molecular flexibility index (Phi) is 6.13. The van der Waals surface area contributed by atoms with Crippen LogP contribution in [0.5, 0.6) is 0 Å². The van der Waals surface area contributed by atoms with Gasteiger partial charge >= 0.3 is 0 Å². The van der Waals surface area contributed by atoms with Gasteiger partial charge in [-0.05, 0) is 69.5 Å². The summed E-state index contributed by atoms with van der Waals surface area (Å²) in [7, 11) is 0. The van der Waals surface area contributed by atoms with Crippen LogP contribution in [-0.2, 0) is 6.54 Å². The van der Waals surface area contributed by atoms with Gasteiger partial charge in [-0.1, -0.05) is 0 Å². The molecule has 4 aromatic rings. The average molecular weight is 502 g/mol. The number of nitrogens with one attached hydrogen (secondary N) is 1. The average Bonchev–Trinajstić information content (AvgIpc) is 3.62. The Labute approximate surface area is 214 Å². The number of hydrogen-bond acceptors (Lipinski definition) is 8. The number of piperidine rings is 1. The van der Waals surface area contributed by atoms with Crippen LogP contribution in [-0.4, -0.2) is 63.0 Å². The third-order valence-electron chi connectivity index (χ3n) is 7.40. The first-order chi connectivity index (χ1) is 18.0. The number of nitrogens with zero attached hydrogens (tertiary/aromatic N) is 5. The van der Waals surface area contributed by atoms with E-state index in [9.17, 15) is 9.90 Å². The third kappa shape index (κ3) is 4.58. The quantitative estimate of drug-likeness (QED) is 0.367. The van der Waals surface area contributed by atoms with Gasteiger partial charge < -0.3 is 25.5 Å². The second-order valence-electron chi connectivity index (χ2n) is 10.1. The van der Waals surface area contributed by atoms with Crippen molar-refractivity contribution in [3.05, 3.63) is 48.0 Å². The zero-order valence-electron chi connectivity index (χ0n) is 20.9. The molecule has 0 saturated carbocycles. The smallest absolute Gasteiger partial charge is 0.271 e. The number of nitrogens with two attached hydrogens (primary N) is 1. The Morgan fingerprint density at radius 1 is 1.24 bits per heavy atom. The molecule has 1 unspecified atom stereocenters. The normalized spacial score (nSPS) is 18.6. The number of oxazole rings is 1. The molecule has 2 aliphatic heterocycles. The van der Waals surface area contributed by atoms with E-state index in [0.717, 1.165) is 60.3 Å². The molecule has 1 aromatic carbocycles. The standard InChI is InChI=1S/C27H31N7O3/c1-16-10-18(4-8-30-16)27-32-24(26(28)36)25(37-27)21-12-22-19(11-23(21)33-9-5-20(35)15-33)13-31-34(22)14-17-2-6-29-7-3-17/h4,8,10-13,17,20,29,35H,2-3,5-7,9,14-15H2,1H3,(H2,28,36). The summed E-state index contributed by atoms with van der Waals surface area (Å²) in [6.07, 6.45) is 6.05. The molecular formula is C27H31N7O3. The van der Waals surface area contributed by atoms with Crippen molar-refractivity contribution in [3.63, 3.8) is 0 Å². The summed E-state index contributed by atoms with van der Waals surface area (Å²) in [6.45, 7) is 5.95. The lowest BCUT2D eigenvalue weighted by Crippen LogP contribution is -2.30. The first-order valence-corrected chi connectivity index (χ1v) is 12.8. The summed E-state index contributed by atoms with van der Waals surface area (Å²) < 4.78 is 8.33. The highest BCUT2D eigenvalue weighted by atomic mass is 16.4.